The van der Waals surface area contributed by atoms with Crippen molar-refractivity contribution in [2.45, 2.75) is 18.9 Å². The quantitative estimate of drug-likeness (QED) is 0.819. The molecule has 0 aliphatic heterocycles. The summed E-state index contributed by atoms with van der Waals surface area (Å²) >= 11 is 0. The van der Waals surface area contributed by atoms with Crippen LogP contribution in [-0.2, 0) is 0 Å². The Morgan fingerprint density at radius 1 is 1.24 bits per heavy atom. The molecule has 0 saturated heterocycles. The van der Waals surface area contributed by atoms with Gasteiger partial charge in [-0.2, -0.15) is 0 Å². The average molecular weight is 261 g/mol. The molecule has 0 radical (unpaired) electrons. The molecule has 1 aromatic carbocycles. The number of ether oxygens (including phenoxy) is 2. The zero-order chi connectivity index (χ0) is 12.0. The van der Waals surface area contributed by atoms with Crippen LogP contribution in [-0.4, -0.2) is 20.8 Å². The zero-order valence-corrected chi connectivity index (χ0v) is 11.1. The highest BCUT2D eigenvalue weighted by Gasteiger charge is 2.12. The van der Waals surface area contributed by atoms with E-state index in [1.807, 2.05) is 18.2 Å². The molecule has 0 heterocycles. The van der Waals surface area contributed by atoms with Crippen LogP contribution in [0, 0.1) is 0 Å². The van der Waals surface area contributed by atoms with Crippen LogP contribution in [0.15, 0.2) is 18.2 Å². The Morgan fingerprint density at radius 2 is 1.94 bits per heavy atom. The van der Waals surface area contributed by atoms with E-state index in [1.165, 1.54) is 0 Å². The largest absolute Gasteiger partial charge is 0.497 e. The smallest absolute Gasteiger partial charge is 0.123 e. The molecular weight excluding hydrogens is 240 g/mol. The molecule has 0 aliphatic carbocycles. The Morgan fingerprint density at radius 3 is 2.47 bits per heavy atom. The molecule has 0 aromatic heterocycles. The van der Waals surface area contributed by atoms with E-state index < -0.39 is 0 Å². The SMILES string of the molecule is COc1ccc(OC)c([C@H](N)CCCN)c1.Cl. The third-order valence-corrected chi connectivity index (χ3v) is 2.56. The van der Waals surface area contributed by atoms with Crippen LogP contribution < -0.4 is 20.9 Å². The summed E-state index contributed by atoms with van der Waals surface area (Å²) < 4.78 is 10.5. The number of benzene rings is 1. The molecule has 0 amide bonds. The topological polar surface area (TPSA) is 70.5 Å². The van der Waals surface area contributed by atoms with Crippen molar-refractivity contribution in [3.8, 4) is 11.5 Å². The van der Waals surface area contributed by atoms with Gasteiger partial charge in [-0.05, 0) is 37.6 Å². The maximum absolute atomic E-state index is 6.09. The first-order valence-electron chi connectivity index (χ1n) is 5.40. The van der Waals surface area contributed by atoms with E-state index in [2.05, 4.69) is 0 Å². The molecule has 1 rings (SSSR count). The highest BCUT2D eigenvalue weighted by molar-refractivity contribution is 5.85. The first kappa shape index (κ1) is 16.0. The van der Waals surface area contributed by atoms with Gasteiger partial charge in [-0.3, -0.25) is 0 Å². The predicted octanol–water partition coefficient (Wildman–Crippen LogP) is 1.86. The third-order valence-electron chi connectivity index (χ3n) is 2.56. The third kappa shape index (κ3) is 4.42. The van der Waals surface area contributed by atoms with Crippen molar-refractivity contribution in [1.29, 1.82) is 0 Å². The van der Waals surface area contributed by atoms with E-state index in [1.54, 1.807) is 14.2 Å². The van der Waals surface area contributed by atoms with Crippen molar-refractivity contribution in [2.75, 3.05) is 20.8 Å². The van der Waals surface area contributed by atoms with E-state index in [0.29, 0.717) is 6.54 Å². The van der Waals surface area contributed by atoms with Crippen LogP contribution >= 0.6 is 12.4 Å². The number of nitrogens with two attached hydrogens (primary N) is 2. The Kier molecular flexibility index (Phi) is 7.70. The molecule has 0 aliphatic rings. The highest BCUT2D eigenvalue weighted by atomic mass is 35.5. The summed E-state index contributed by atoms with van der Waals surface area (Å²) in [5.41, 5.74) is 12.5. The summed E-state index contributed by atoms with van der Waals surface area (Å²) in [5, 5.41) is 0. The molecule has 4 N–H and O–H groups in total. The summed E-state index contributed by atoms with van der Waals surface area (Å²) in [6, 6.07) is 5.59. The molecule has 5 heteroatoms. The molecule has 1 aromatic rings. The minimum Gasteiger partial charge on any atom is -0.497 e. The molecule has 0 fully saturated rings. The minimum atomic E-state index is -0.0615. The van der Waals surface area contributed by atoms with Gasteiger partial charge in [0.15, 0.2) is 0 Å². The van der Waals surface area contributed by atoms with Gasteiger partial charge in [-0.15, -0.1) is 12.4 Å². The number of rotatable bonds is 6. The van der Waals surface area contributed by atoms with Crippen LogP contribution in [0.4, 0.5) is 0 Å². The van der Waals surface area contributed by atoms with Gasteiger partial charge in [0.25, 0.3) is 0 Å². The van der Waals surface area contributed by atoms with Gasteiger partial charge in [0, 0.05) is 11.6 Å². The summed E-state index contributed by atoms with van der Waals surface area (Å²) in [7, 11) is 3.28. The van der Waals surface area contributed by atoms with Crippen LogP contribution in [0.25, 0.3) is 0 Å². The van der Waals surface area contributed by atoms with E-state index >= 15 is 0 Å². The fourth-order valence-corrected chi connectivity index (χ4v) is 1.62. The lowest BCUT2D eigenvalue weighted by atomic mass is 10.0. The maximum Gasteiger partial charge on any atom is 0.123 e. The lowest BCUT2D eigenvalue weighted by Crippen LogP contribution is -2.13. The van der Waals surface area contributed by atoms with Crippen molar-refractivity contribution in [2.24, 2.45) is 11.5 Å². The fraction of sp³-hybridized carbons (Fsp3) is 0.500. The van der Waals surface area contributed by atoms with E-state index in [9.17, 15) is 0 Å². The van der Waals surface area contributed by atoms with Crippen molar-refractivity contribution >= 4 is 12.4 Å². The molecule has 0 bridgehead atoms. The number of hydrogen-bond acceptors (Lipinski definition) is 4. The van der Waals surface area contributed by atoms with Gasteiger partial charge in [0.1, 0.15) is 11.5 Å². The summed E-state index contributed by atoms with van der Waals surface area (Å²) in [6.45, 7) is 0.653. The molecule has 0 spiro atoms. The average Bonchev–Trinajstić information content (AvgIpc) is 2.35. The van der Waals surface area contributed by atoms with Gasteiger partial charge in [-0.1, -0.05) is 0 Å². The van der Waals surface area contributed by atoms with Gasteiger partial charge in [0.05, 0.1) is 14.2 Å². The molecule has 0 unspecified atom stereocenters. The molecular formula is C12H21ClN2O2. The second-order valence-corrected chi connectivity index (χ2v) is 3.65. The molecule has 4 nitrogen and oxygen atoms in total. The highest BCUT2D eigenvalue weighted by Crippen LogP contribution is 2.30. The second-order valence-electron chi connectivity index (χ2n) is 3.65. The monoisotopic (exact) mass is 260 g/mol. The minimum absolute atomic E-state index is 0. The Bertz CT molecular complexity index is 334. The first-order valence-corrected chi connectivity index (χ1v) is 5.40. The molecule has 0 saturated carbocycles. The van der Waals surface area contributed by atoms with Crippen LogP contribution in [0.1, 0.15) is 24.4 Å². The molecule has 17 heavy (non-hydrogen) atoms. The van der Waals surface area contributed by atoms with Gasteiger partial charge < -0.3 is 20.9 Å². The van der Waals surface area contributed by atoms with E-state index in [-0.39, 0.29) is 18.4 Å². The fourth-order valence-electron chi connectivity index (χ4n) is 1.62. The number of methoxy groups -OCH3 is 2. The second kappa shape index (κ2) is 8.17. The Balaban J connectivity index is 0.00000256. The standard InChI is InChI=1S/C12H20N2O2.ClH/c1-15-9-5-6-12(16-2)10(8-9)11(14)4-3-7-13;/h5-6,8,11H,3-4,7,13-14H2,1-2H3;1H/t11-;/m1./s1. The summed E-state index contributed by atoms with van der Waals surface area (Å²) in [4.78, 5) is 0. The Hall–Kier alpha value is -0.970. The van der Waals surface area contributed by atoms with Crippen molar-refractivity contribution in [1.82, 2.24) is 0 Å². The normalized spacial score (nSPS) is 11.5. The van der Waals surface area contributed by atoms with Crippen LogP contribution in [0.5, 0.6) is 11.5 Å². The maximum atomic E-state index is 6.09. The lowest BCUT2D eigenvalue weighted by Gasteiger charge is -2.16. The van der Waals surface area contributed by atoms with Crippen LogP contribution in [0.3, 0.4) is 0 Å². The number of hydrogen-bond donors (Lipinski definition) is 2. The molecule has 1 atom stereocenters. The van der Waals surface area contributed by atoms with Crippen molar-refractivity contribution in [3.05, 3.63) is 23.8 Å². The van der Waals surface area contributed by atoms with Gasteiger partial charge in [0.2, 0.25) is 0 Å². The van der Waals surface area contributed by atoms with Gasteiger partial charge >= 0.3 is 0 Å². The van der Waals surface area contributed by atoms with Crippen LogP contribution in [0.2, 0.25) is 0 Å². The van der Waals surface area contributed by atoms with E-state index in [4.69, 9.17) is 20.9 Å². The van der Waals surface area contributed by atoms with Crippen molar-refractivity contribution in [3.63, 3.8) is 0 Å². The van der Waals surface area contributed by atoms with E-state index in [0.717, 1.165) is 29.9 Å². The summed E-state index contributed by atoms with van der Waals surface area (Å²) in [6.07, 6.45) is 1.75. The molecule has 98 valence electrons. The Labute approximate surface area is 109 Å². The van der Waals surface area contributed by atoms with Crippen molar-refractivity contribution < 1.29 is 9.47 Å². The lowest BCUT2D eigenvalue weighted by molar-refractivity contribution is 0.393. The van der Waals surface area contributed by atoms with Gasteiger partial charge in [-0.25, -0.2) is 0 Å². The first-order chi connectivity index (χ1) is 7.72. The summed E-state index contributed by atoms with van der Waals surface area (Å²) in [5.74, 6) is 1.59. The number of halogens is 1. The predicted molar refractivity (Wildman–Crippen MR) is 72.0 cm³/mol. The zero-order valence-electron chi connectivity index (χ0n) is 10.3.